The minimum absolute atomic E-state index is 0.257. The molecule has 1 aromatic heterocycles. The first-order valence-corrected chi connectivity index (χ1v) is 11.9. The van der Waals surface area contributed by atoms with Gasteiger partial charge in [-0.25, -0.2) is 4.79 Å². The zero-order chi connectivity index (χ0) is 25.4. The molecule has 2 aromatic carbocycles. The summed E-state index contributed by atoms with van der Waals surface area (Å²) in [6.45, 7) is 10.00. The van der Waals surface area contributed by atoms with Gasteiger partial charge in [0.1, 0.15) is 0 Å². The van der Waals surface area contributed by atoms with Crippen LogP contribution in [-0.2, 0) is 14.3 Å². The molecule has 0 saturated heterocycles. The highest BCUT2D eigenvalue weighted by atomic mass is 35.5. The third-order valence-corrected chi connectivity index (χ3v) is 6.68. The van der Waals surface area contributed by atoms with Crippen molar-refractivity contribution in [1.82, 2.24) is 4.57 Å². The molecule has 0 radical (unpaired) electrons. The van der Waals surface area contributed by atoms with Crippen molar-refractivity contribution in [3.8, 4) is 5.69 Å². The molecule has 35 heavy (non-hydrogen) atoms. The number of allylic oxidation sites excluding steroid dienone is 1. The Hall–Kier alpha value is -3.57. The molecule has 0 aliphatic carbocycles. The van der Waals surface area contributed by atoms with Gasteiger partial charge in [-0.2, -0.15) is 0 Å². The number of aryl methyl sites for hydroxylation is 1. The van der Waals surface area contributed by atoms with Gasteiger partial charge in [-0.15, -0.1) is 0 Å². The van der Waals surface area contributed by atoms with Gasteiger partial charge in [0.15, 0.2) is 0 Å². The molecule has 0 spiro atoms. The lowest BCUT2D eigenvalue weighted by molar-refractivity contribution is -0.136. The topological polar surface area (TPSA) is 51.5 Å². The van der Waals surface area contributed by atoms with Crippen molar-refractivity contribution in [3.05, 3.63) is 99.0 Å². The first kappa shape index (κ1) is 24.6. The Kier molecular flexibility index (Phi) is 6.73. The number of nitrogens with zero attached hydrogens (tertiary/aromatic N) is 2. The molecule has 6 heteroatoms. The molecule has 0 fully saturated rings. The predicted molar refractivity (Wildman–Crippen MR) is 141 cm³/mol. The SMILES string of the molecule is COC(=O)C1=C(C)N(c2ccc(C(C)C)cc2)C(=O)/C1=C\c1cc(C)n(-c2cccc(Cl)c2)c1C. The van der Waals surface area contributed by atoms with Gasteiger partial charge < -0.3 is 9.30 Å². The van der Waals surface area contributed by atoms with Gasteiger partial charge >= 0.3 is 5.97 Å². The van der Waals surface area contributed by atoms with Crippen molar-refractivity contribution in [2.75, 3.05) is 12.0 Å². The maximum Gasteiger partial charge on any atom is 0.340 e. The number of halogens is 1. The minimum atomic E-state index is -0.535. The molecule has 1 aliphatic heterocycles. The van der Waals surface area contributed by atoms with Crippen LogP contribution in [0.3, 0.4) is 0 Å². The number of rotatable bonds is 5. The maximum absolute atomic E-state index is 13.7. The summed E-state index contributed by atoms with van der Waals surface area (Å²) in [6.07, 6.45) is 1.78. The van der Waals surface area contributed by atoms with Crippen molar-refractivity contribution in [3.63, 3.8) is 0 Å². The molecular formula is C29H29ClN2O3. The van der Waals surface area contributed by atoms with Crippen LogP contribution in [0, 0.1) is 13.8 Å². The maximum atomic E-state index is 13.7. The van der Waals surface area contributed by atoms with Crippen LogP contribution in [-0.4, -0.2) is 23.6 Å². The van der Waals surface area contributed by atoms with Crippen LogP contribution in [0.15, 0.2) is 71.4 Å². The number of hydrogen-bond donors (Lipinski definition) is 0. The van der Waals surface area contributed by atoms with E-state index in [-0.39, 0.29) is 11.5 Å². The molecule has 3 aromatic rings. The first-order chi connectivity index (χ1) is 16.6. The summed E-state index contributed by atoms with van der Waals surface area (Å²) in [4.78, 5) is 28.0. The predicted octanol–water partition coefficient (Wildman–Crippen LogP) is 6.75. The number of aromatic nitrogens is 1. The van der Waals surface area contributed by atoms with Gasteiger partial charge in [-0.05, 0) is 80.3 Å². The summed E-state index contributed by atoms with van der Waals surface area (Å²) in [7, 11) is 1.33. The molecule has 1 aliphatic rings. The van der Waals surface area contributed by atoms with Crippen LogP contribution in [0.25, 0.3) is 11.8 Å². The molecule has 4 rings (SSSR count). The summed E-state index contributed by atoms with van der Waals surface area (Å²) >= 11 is 6.22. The van der Waals surface area contributed by atoms with Gasteiger partial charge in [0, 0.05) is 33.5 Å². The Labute approximate surface area is 211 Å². The number of hydrogen-bond acceptors (Lipinski definition) is 3. The van der Waals surface area contributed by atoms with E-state index < -0.39 is 5.97 Å². The lowest BCUT2D eigenvalue weighted by Crippen LogP contribution is -2.24. The Morgan fingerprint density at radius 2 is 1.69 bits per heavy atom. The fourth-order valence-electron chi connectivity index (χ4n) is 4.60. The van der Waals surface area contributed by atoms with E-state index in [2.05, 4.69) is 18.4 Å². The van der Waals surface area contributed by atoms with Crippen LogP contribution in [0.2, 0.25) is 5.02 Å². The Bertz CT molecular complexity index is 1380. The van der Waals surface area contributed by atoms with E-state index in [0.717, 1.165) is 22.6 Å². The lowest BCUT2D eigenvalue weighted by atomic mass is 10.0. The molecule has 0 atom stereocenters. The second kappa shape index (κ2) is 9.59. The first-order valence-electron chi connectivity index (χ1n) is 11.5. The summed E-state index contributed by atoms with van der Waals surface area (Å²) in [5.41, 5.74) is 6.74. The van der Waals surface area contributed by atoms with E-state index in [4.69, 9.17) is 16.3 Å². The molecule has 1 amide bonds. The van der Waals surface area contributed by atoms with Crippen LogP contribution in [0.4, 0.5) is 5.69 Å². The molecule has 2 heterocycles. The summed E-state index contributed by atoms with van der Waals surface area (Å²) < 4.78 is 7.14. The average Bonchev–Trinajstić information content (AvgIpc) is 3.24. The second-order valence-corrected chi connectivity index (χ2v) is 9.47. The average molecular weight is 489 g/mol. The molecule has 180 valence electrons. The van der Waals surface area contributed by atoms with E-state index in [1.807, 2.05) is 68.4 Å². The fourth-order valence-corrected chi connectivity index (χ4v) is 4.79. The lowest BCUT2D eigenvalue weighted by Gasteiger charge is -2.19. The minimum Gasteiger partial charge on any atom is -0.465 e. The quantitative estimate of drug-likeness (QED) is 0.295. The third kappa shape index (κ3) is 4.44. The molecule has 0 saturated carbocycles. The van der Waals surface area contributed by atoms with E-state index in [1.165, 1.54) is 12.7 Å². The van der Waals surface area contributed by atoms with Crippen LogP contribution < -0.4 is 4.90 Å². The van der Waals surface area contributed by atoms with Gasteiger partial charge in [0.25, 0.3) is 5.91 Å². The van der Waals surface area contributed by atoms with Crippen molar-refractivity contribution in [2.45, 2.75) is 40.5 Å². The number of carbonyl (C=O) groups is 2. The number of amides is 1. The van der Waals surface area contributed by atoms with E-state index in [9.17, 15) is 9.59 Å². The number of ether oxygens (including phenoxy) is 1. The van der Waals surface area contributed by atoms with Gasteiger partial charge in [-0.3, -0.25) is 9.69 Å². The van der Waals surface area contributed by atoms with Gasteiger partial charge in [0.2, 0.25) is 0 Å². The van der Waals surface area contributed by atoms with Crippen molar-refractivity contribution in [1.29, 1.82) is 0 Å². The number of anilines is 1. The van der Waals surface area contributed by atoms with Gasteiger partial charge in [0.05, 0.1) is 18.3 Å². The van der Waals surface area contributed by atoms with E-state index >= 15 is 0 Å². The molecule has 0 bridgehead atoms. The Morgan fingerprint density at radius 3 is 2.29 bits per heavy atom. The number of esters is 1. The molecular weight excluding hydrogens is 460 g/mol. The summed E-state index contributed by atoms with van der Waals surface area (Å²) in [5.74, 6) is -0.411. The molecule has 0 unspecified atom stereocenters. The van der Waals surface area contributed by atoms with Crippen molar-refractivity contribution in [2.24, 2.45) is 0 Å². The van der Waals surface area contributed by atoms with Crippen molar-refractivity contribution < 1.29 is 14.3 Å². The largest absolute Gasteiger partial charge is 0.465 e. The summed E-state index contributed by atoms with van der Waals surface area (Å²) in [6, 6.07) is 17.5. The highest BCUT2D eigenvalue weighted by Crippen LogP contribution is 2.37. The second-order valence-electron chi connectivity index (χ2n) is 9.04. The van der Waals surface area contributed by atoms with Crippen LogP contribution >= 0.6 is 11.6 Å². The highest BCUT2D eigenvalue weighted by molar-refractivity contribution is 6.30. The van der Waals surface area contributed by atoms with E-state index in [0.29, 0.717) is 27.9 Å². The molecule has 0 N–H and O–H groups in total. The summed E-state index contributed by atoms with van der Waals surface area (Å²) in [5, 5.41) is 0.645. The number of carbonyl (C=O) groups excluding carboxylic acids is 2. The van der Waals surface area contributed by atoms with Crippen LogP contribution in [0.1, 0.15) is 49.2 Å². The van der Waals surface area contributed by atoms with Crippen LogP contribution in [0.5, 0.6) is 0 Å². The smallest absolute Gasteiger partial charge is 0.340 e. The zero-order valence-electron chi connectivity index (χ0n) is 20.8. The van der Waals surface area contributed by atoms with E-state index in [1.54, 1.807) is 17.9 Å². The van der Waals surface area contributed by atoms with Gasteiger partial charge in [-0.1, -0.05) is 43.6 Å². The van der Waals surface area contributed by atoms with Crippen molar-refractivity contribution >= 4 is 35.2 Å². The monoisotopic (exact) mass is 488 g/mol. The number of methoxy groups -OCH3 is 1. The Morgan fingerprint density at radius 1 is 1.00 bits per heavy atom. The normalized spacial score (nSPS) is 15.0. The third-order valence-electron chi connectivity index (χ3n) is 6.44. The fraction of sp³-hybridized carbons (Fsp3) is 0.241. The Balaban J connectivity index is 1.82. The standard InChI is InChI=1S/C29H29ClN2O3/c1-17(2)21-10-12-24(13-11-21)32-20(5)27(29(34)35-6)26(28(32)33)15-22-14-18(3)31(19(22)4)25-9-7-8-23(30)16-25/h7-17H,1-6H3/b26-15-. The number of benzene rings is 2. The zero-order valence-corrected chi connectivity index (χ0v) is 21.6. The highest BCUT2D eigenvalue weighted by Gasteiger charge is 2.38. The molecule has 5 nitrogen and oxygen atoms in total.